The Labute approximate surface area is 143 Å². The van der Waals surface area contributed by atoms with Crippen molar-refractivity contribution in [2.75, 3.05) is 0 Å². The van der Waals surface area contributed by atoms with Crippen LogP contribution in [0.4, 0.5) is 13.2 Å². The van der Waals surface area contributed by atoms with E-state index in [-0.39, 0.29) is 17.3 Å². The molecule has 0 aliphatic rings. The third kappa shape index (κ3) is 3.50. The van der Waals surface area contributed by atoms with Crippen LogP contribution in [-0.2, 0) is 6.18 Å². The van der Waals surface area contributed by atoms with Gasteiger partial charge in [0, 0.05) is 11.2 Å². The number of rotatable bonds is 3. The maximum atomic E-state index is 13.4. The van der Waals surface area contributed by atoms with Crippen LogP contribution >= 0.6 is 11.6 Å². The quantitative estimate of drug-likeness (QED) is 0.731. The molecule has 0 saturated carbocycles. The molecule has 0 spiro atoms. The van der Waals surface area contributed by atoms with Crippen molar-refractivity contribution >= 4 is 11.6 Å². The zero-order valence-corrected chi connectivity index (χ0v) is 13.4. The number of H-pyrrole nitrogens is 2. The smallest absolute Gasteiger partial charge is 0.437 e. The van der Waals surface area contributed by atoms with Crippen LogP contribution in [0.1, 0.15) is 11.3 Å². The monoisotopic (exact) mass is 370 g/mol. The van der Waals surface area contributed by atoms with E-state index in [9.17, 15) is 18.0 Å². The number of aromatic amines is 2. The van der Waals surface area contributed by atoms with Gasteiger partial charge in [-0.1, -0.05) is 11.6 Å². The Balaban J connectivity index is 2.12. The molecule has 0 bridgehead atoms. The van der Waals surface area contributed by atoms with Gasteiger partial charge in [-0.15, -0.1) is 0 Å². The van der Waals surface area contributed by atoms with Gasteiger partial charge in [-0.2, -0.15) is 18.3 Å². The molecule has 2 N–H and O–H groups in total. The van der Waals surface area contributed by atoms with Gasteiger partial charge < -0.3 is 9.72 Å². The van der Waals surface area contributed by atoms with Gasteiger partial charge in [0.1, 0.15) is 11.4 Å². The summed E-state index contributed by atoms with van der Waals surface area (Å²) in [5, 5.41) is 6.47. The number of nitrogens with zero attached hydrogens (tertiary/aromatic N) is 2. The Hall–Kier alpha value is -2.81. The summed E-state index contributed by atoms with van der Waals surface area (Å²) in [6.45, 7) is 1.66. The molecule has 0 aliphatic carbocycles. The van der Waals surface area contributed by atoms with E-state index in [2.05, 4.69) is 20.2 Å². The van der Waals surface area contributed by atoms with Gasteiger partial charge in [0.05, 0.1) is 0 Å². The van der Waals surface area contributed by atoms with Crippen LogP contribution in [-0.4, -0.2) is 20.2 Å². The van der Waals surface area contributed by atoms with Gasteiger partial charge in [0.2, 0.25) is 5.75 Å². The average Bonchev–Trinajstić information content (AvgIpc) is 3.06. The van der Waals surface area contributed by atoms with Crippen LogP contribution in [0.5, 0.6) is 11.5 Å². The molecule has 0 aliphatic heterocycles. The van der Waals surface area contributed by atoms with Crippen LogP contribution in [0, 0.1) is 6.92 Å². The standard InChI is InChI=1S/C15H10ClF3N4O2/c1-7-6-8(2-3-9(7)16)25-11-12(15(17,18)19)21-13(22-14(11)24)10-4-5-20-23-10/h2-6H,1H3,(H,20,23)(H,21,22,24). The van der Waals surface area contributed by atoms with Gasteiger partial charge in [0.15, 0.2) is 11.5 Å². The van der Waals surface area contributed by atoms with Crippen LogP contribution < -0.4 is 10.3 Å². The van der Waals surface area contributed by atoms with Gasteiger partial charge in [-0.05, 0) is 36.8 Å². The molecule has 0 unspecified atom stereocenters. The summed E-state index contributed by atoms with van der Waals surface area (Å²) < 4.78 is 45.2. The maximum Gasteiger partial charge on any atom is 0.437 e. The van der Waals surface area contributed by atoms with Crippen LogP contribution in [0.25, 0.3) is 11.5 Å². The number of aromatic nitrogens is 4. The van der Waals surface area contributed by atoms with Gasteiger partial charge in [0.25, 0.3) is 5.56 Å². The lowest BCUT2D eigenvalue weighted by molar-refractivity contribution is -0.142. The van der Waals surface area contributed by atoms with E-state index < -0.39 is 23.2 Å². The highest BCUT2D eigenvalue weighted by atomic mass is 35.5. The summed E-state index contributed by atoms with van der Waals surface area (Å²) in [5.41, 5.74) is -1.78. The summed E-state index contributed by atoms with van der Waals surface area (Å²) in [7, 11) is 0. The summed E-state index contributed by atoms with van der Waals surface area (Å²) >= 11 is 5.87. The van der Waals surface area contributed by atoms with Crippen molar-refractivity contribution in [3.8, 4) is 23.0 Å². The first-order valence-electron chi connectivity index (χ1n) is 6.91. The first kappa shape index (κ1) is 17.0. The van der Waals surface area contributed by atoms with Crippen LogP contribution in [0.15, 0.2) is 35.3 Å². The fourth-order valence-corrected chi connectivity index (χ4v) is 2.18. The number of alkyl halides is 3. The number of nitrogens with one attached hydrogen (secondary N) is 2. The van der Waals surface area contributed by atoms with Crippen molar-refractivity contribution in [1.82, 2.24) is 20.2 Å². The molecule has 25 heavy (non-hydrogen) atoms. The third-order valence-corrected chi connectivity index (χ3v) is 3.67. The second-order valence-electron chi connectivity index (χ2n) is 5.07. The minimum absolute atomic E-state index is 0.0361. The maximum absolute atomic E-state index is 13.4. The molecule has 0 amide bonds. The van der Waals surface area contributed by atoms with Crippen molar-refractivity contribution < 1.29 is 17.9 Å². The molecule has 10 heteroatoms. The molecular weight excluding hydrogens is 361 g/mol. The summed E-state index contributed by atoms with van der Waals surface area (Å²) in [5.74, 6) is -1.21. The minimum atomic E-state index is -4.89. The van der Waals surface area contributed by atoms with E-state index in [1.165, 1.54) is 30.5 Å². The van der Waals surface area contributed by atoms with E-state index in [1.54, 1.807) is 6.92 Å². The minimum Gasteiger partial charge on any atom is -0.449 e. The molecule has 0 fully saturated rings. The Morgan fingerprint density at radius 2 is 2.00 bits per heavy atom. The summed E-state index contributed by atoms with van der Waals surface area (Å²) in [4.78, 5) is 17.9. The molecule has 3 rings (SSSR count). The lowest BCUT2D eigenvalue weighted by Gasteiger charge is -2.13. The number of halogens is 4. The zero-order valence-electron chi connectivity index (χ0n) is 12.6. The van der Waals surface area contributed by atoms with Crippen molar-refractivity contribution in [1.29, 1.82) is 0 Å². The van der Waals surface area contributed by atoms with Crippen molar-refractivity contribution in [3.05, 3.63) is 57.1 Å². The molecule has 1 aromatic carbocycles. The first-order chi connectivity index (χ1) is 11.8. The SMILES string of the molecule is Cc1cc(Oc2c(C(F)(F)F)nc(-c3ccn[nH]3)[nH]c2=O)ccc1Cl. The third-order valence-electron chi connectivity index (χ3n) is 3.25. The van der Waals surface area contributed by atoms with E-state index >= 15 is 0 Å². The predicted octanol–water partition coefficient (Wildman–Crippen LogP) is 3.93. The summed E-state index contributed by atoms with van der Waals surface area (Å²) in [6.07, 6.45) is -3.57. The van der Waals surface area contributed by atoms with E-state index in [0.717, 1.165) is 0 Å². The fraction of sp³-hybridized carbons (Fsp3) is 0.133. The Bertz CT molecular complexity index is 968. The van der Waals surface area contributed by atoms with E-state index in [4.69, 9.17) is 16.3 Å². The molecule has 6 nitrogen and oxygen atoms in total. The highest BCUT2D eigenvalue weighted by Crippen LogP contribution is 2.35. The molecule has 130 valence electrons. The topological polar surface area (TPSA) is 83.7 Å². The number of benzene rings is 1. The van der Waals surface area contributed by atoms with Crippen LogP contribution in [0.3, 0.4) is 0 Å². The second kappa shape index (κ2) is 6.25. The Kier molecular flexibility index (Phi) is 4.25. The van der Waals surface area contributed by atoms with Crippen molar-refractivity contribution in [2.24, 2.45) is 0 Å². The van der Waals surface area contributed by atoms with Gasteiger partial charge in [-0.3, -0.25) is 9.89 Å². The molecule has 2 heterocycles. The number of hydrogen-bond acceptors (Lipinski definition) is 4. The number of aryl methyl sites for hydroxylation is 1. The Morgan fingerprint density at radius 1 is 1.24 bits per heavy atom. The molecule has 0 saturated heterocycles. The molecule has 2 aromatic heterocycles. The van der Waals surface area contributed by atoms with Crippen LogP contribution in [0.2, 0.25) is 5.02 Å². The molecule has 3 aromatic rings. The lowest BCUT2D eigenvalue weighted by atomic mass is 10.2. The highest BCUT2D eigenvalue weighted by molar-refractivity contribution is 6.31. The molecule has 0 radical (unpaired) electrons. The van der Waals surface area contributed by atoms with E-state index in [1.807, 2.05) is 0 Å². The lowest BCUT2D eigenvalue weighted by Crippen LogP contribution is -2.20. The number of ether oxygens (including phenoxy) is 1. The number of hydrogen-bond donors (Lipinski definition) is 2. The predicted molar refractivity (Wildman–Crippen MR) is 83.7 cm³/mol. The largest absolute Gasteiger partial charge is 0.449 e. The fourth-order valence-electron chi connectivity index (χ4n) is 2.06. The highest BCUT2D eigenvalue weighted by Gasteiger charge is 2.39. The molecule has 0 atom stereocenters. The Morgan fingerprint density at radius 3 is 2.60 bits per heavy atom. The second-order valence-corrected chi connectivity index (χ2v) is 5.48. The zero-order chi connectivity index (χ0) is 18.2. The van der Waals surface area contributed by atoms with Gasteiger partial charge in [-0.25, -0.2) is 4.98 Å². The molecular formula is C15H10ClF3N4O2. The first-order valence-corrected chi connectivity index (χ1v) is 7.29. The normalized spacial score (nSPS) is 11.6. The van der Waals surface area contributed by atoms with Crippen molar-refractivity contribution in [2.45, 2.75) is 13.1 Å². The van der Waals surface area contributed by atoms with E-state index in [0.29, 0.717) is 10.6 Å². The van der Waals surface area contributed by atoms with Crippen molar-refractivity contribution in [3.63, 3.8) is 0 Å². The van der Waals surface area contributed by atoms with Gasteiger partial charge >= 0.3 is 6.18 Å². The average molecular weight is 371 g/mol. The summed E-state index contributed by atoms with van der Waals surface area (Å²) in [6, 6.07) is 5.62.